The summed E-state index contributed by atoms with van der Waals surface area (Å²) in [5.74, 6) is 0.632. The van der Waals surface area contributed by atoms with Crippen LogP contribution >= 0.6 is 0 Å². The third-order valence-corrected chi connectivity index (χ3v) is 4.75. The smallest absolute Gasteiger partial charge is 0.254 e. The van der Waals surface area contributed by atoms with Crippen LogP contribution in [0.4, 0.5) is 11.5 Å². The van der Waals surface area contributed by atoms with Crippen LogP contribution in [0.25, 0.3) is 0 Å². The Bertz CT molecular complexity index is 798. The average Bonchev–Trinajstić information content (AvgIpc) is 2.69. The number of para-hydroxylation sites is 1. The van der Waals surface area contributed by atoms with E-state index in [9.17, 15) is 9.59 Å². The second-order valence-electron chi connectivity index (χ2n) is 6.45. The first-order valence-corrected chi connectivity index (χ1v) is 8.92. The van der Waals surface area contributed by atoms with Gasteiger partial charge in [0.05, 0.1) is 0 Å². The number of nitrogens with zero attached hydrogens (tertiary/aromatic N) is 3. The maximum atomic E-state index is 12.8. The first kappa shape index (κ1) is 17.9. The summed E-state index contributed by atoms with van der Waals surface area (Å²) >= 11 is 0. The normalized spacial score (nSPS) is 14.2. The number of hydrogen-bond donors (Lipinski definition) is 1. The Balaban J connectivity index is 1.77. The monoisotopic (exact) mass is 352 g/mol. The average molecular weight is 352 g/mol. The Morgan fingerprint density at radius 3 is 2.69 bits per heavy atom. The molecule has 1 aromatic heterocycles. The Morgan fingerprint density at radius 2 is 2.00 bits per heavy atom. The van der Waals surface area contributed by atoms with Gasteiger partial charge in [-0.1, -0.05) is 25.1 Å². The number of amides is 2. The number of carbonyl (C=O) groups is 2. The third kappa shape index (κ3) is 3.85. The molecule has 0 atom stereocenters. The van der Waals surface area contributed by atoms with Gasteiger partial charge in [0.25, 0.3) is 5.91 Å². The summed E-state index contributed by atoms with van der Waals surface area (Å²) in [4.78, 5) is 31.4. The summed E-state index contributed by atoms with van der Waals surface area (Å²) < 4.78 is 0. The lowest BCUT2D eigenvalue weighted by Gasteiger charge is -2.32. The first-order chi connectivity index (χ1) is 12.6. The molecule has 0 unspecified atom stereocenters. The van der Waals surface area contributed by atoms with Gasteiger partial charge in [0.1, 0.15) is 5.82 Å². The maximum Gasteiger partial charge on any atom is 0.254 e. The minimum atomic E-state index is -0.0264. The van der Waals surface area contributed by atoms with Crippen molar-refractivity contribution >= 4 is 23.8 Å². The number of anilines is 2. The number of aromatic nitrogens is 1. The molecule has 2 amide bonds. The van der Waals surface area contributed by atoms with Crippen molar-refractivity contribution in [2.45, 2.75) is 20.3 Å². The van der Waals surface area contributed by atoms with Crippen molar-refractivity contribution in [3.05, 3.63) is 53.2 Å². The van der Waals surface area contributed by atoms with E-state index in [-0.39, 0.29) is 5.91 Å². The molecule has 26 heavy (non-hydrogen) atoms. The molecule has 1 fully saturated rings. The van der Waals surface area contributed by atoms with Gasteiger partial charge in [-0.15, -0.1) is 0 Å². The zero-order valence-electron chi connectivity index (χ0n) is 15.2. The Hall–Kier alpha value is -2.89. The molecule has 6 nitrogen and oxygen atoms in total. The van der Waals surface area contributed by atoms with E-state index in [1.165, 1.54) is 5.56 Å². The van der Waals surface area contributed by atoms with Gasteiger partial charge in [0.15, 0.2) is 0 Å². The van der Waals surface area contributed by atoms with Gasteiger partial charge in [0.2, 0.25) is 6.41 Å². The molecule has 2 heterocycles. The summed E-state index contributed by atoms with van der Waals surface area (Å²) in [6, 6.07) is 9.73. The Kier molecular flexibility index (Phi) is 5.51. The van der Waals surface area contributed by atoms with E-state index < -0.39 is 0 Å². The van der Waals surface area contributed by atoms with Crippen LogP contribution in [0.1, 0.15) is 28.4 Å². The van der Waals surface area contributed by atoms with Gasteiger partial charge in [-0.2, -0.15) is 0 Å². The second-order valence-corrected chi connectivity index (χ2v) is 6.45. The van der Waals surface area contributed by atoms with Gasteiger partial charge in [0, 0.05) is 43.6 Å². The third-order valence-electron chi connectivity index (χ3n) is 4.75. The zero-order valence-corrected chi connectivity index (χ0v) is 15.2. The van der Waals surface area contributed by atoms with Crippen LogP contribution in [0.3, 0.4) is 0 Å². The molecule has 1 aliphatic rings. The van der Waals surface area contributed by atoms with Crippen LogP contribution in [0.15, 0.2) is 36.5 Å². The quantitative estimate of drug-likeness (QED) is 0.840. The van der Waals surface area contributed by atoms with E-state index in [0.29, 0.717) is 37.6 Å². The fourth-order valence-electron chi connectivity index (χ4n) is 3.18. The molecule has 1 aromatic carbocycles. The minimum Gasteiger partial charge on any atom is -0.342 e. The van der Waals surface area contributed by atoms with Crippen LogP contribution in [0.2, 0.25) is 0 Å². The standard InChI is InChI=1S/C20H24N4O2/c1-3-16-6-4-5-15(2)19(16)22-18-13-17(7-8-21-18)20(26)24-11-9-23(14-25)10-12-24/h4-8,13-14H,3,9-12H2,1-2H3,(H,21,22). The van der Waals surface area contributed by atoms with Crippen molar-refractivity contribution in [3.63, 3.8) is 0 Å². The fourth-order valence-corrected chi connectivity index (χ4v) is 3.18. The number of carbonyl (C=O) groups excluding carboxylic acids is 2. The summed E-state index contributed by atoms with van der Waals surface area (Å²) in [6.45, 7) is 6.44. The molecule has 1 N–H and O–H groups in total. The number of benzene rings is 1. The Morgan fingerprint density at radius 1 is 1.23 bits per heavy atom. The van der Waals surface area contributed by atoms with Crippen LogP contribution in [0, 0.1) is 6.92 Å². The number of rotatable bonds is 5. The number of piperazine rings is 1. The molecule has 0 spiro atoms. The fraction of sp³-hybridized carbons (Fsp3) is 0.350. The molecule has 3 rings (SSSR count). The molecular formula is C20H24N4O2. The van der Waals surface area contributed by atoms with Gasteiger partial charge < -0.3 is 15.1 Å². The molecule has 0 saturated carbocycles. The number of nitrogens with one attached hydrogen (secondary N) is 1. The van der Waals surface area contributed by atoms with Crippen molar-refractivity contribution in [3.8, 4) is 0 Å². The maximum absolute atomic E-state index is 12.8. The molecule has 6 heteroatoms. The SMILES string of the molecule is CCc1cccc(C)c1Nc1cc(C(=O)N2CCN(C=O)CC2)ccn1. The molecule has 0 radical (unpaired) electrons. The highest BCUT2D eigenvalue weighted by Crippen LogP contribution is 2.25. The van der Waals surface area contributed by atoms with Crippen molar-refractivity contribution < 1.29 is 9.59 Å². The van der Waals surface area contributed by atoms with Crippen LogP contribution in [0.5, 0.6) is 0 Å². The number of aryl methyl sites for hydroxylation is 2. The predicted molar refractivity (Wildman–Crippen MR) is 102 cm³/mol. The van der Waals surface area contributed by atoms with Gasteiger partial charge in [-0.3, -0.25) is 9.59 Å². The highest BCUT2D eigenvalue weighted by molar-refractivity contribution is 5.95. The van der Waals surface area contributed by atoms with E-state index in [1.54, 1.807) is 28.1 Å². The molecule has 1 aliphatic heterocycles. The van der Waals surface area contributed by atoms with Gasteiger partial charge in [-0.05, 0) is 36.6 Å². The largest absolute Gasteiger partial charge is 0.342 e. The van der Waals surface area contributed by atoms with Gasteiger partial charge in [-0.25, -0.2) is 4.98 Å². The lowest BCUT2D eigenvalue weighted by atomic mass is 10.1. The molecule has 1 saturated heterocycles. The van der Waals surface area contributed by atoms with E-state index in [4.69, 9.17) is 0 Å². The Labute approximate surface area is 153 Å². The van der Waals surface area contributed by atoms with Crippen molar-refractivity contribution in [2.24, 2.45) is 0 Å². The molecule has 0 bridgehead atoms. The van der Waals surface area contributed by atoms with Gasteiger partial charge >= 0.3 is 0 Å². The topological polar surface area (TPSA) is 65.5 Å². The van der Waals surface area contributed by atoms with Crippen molar-refractivity contribution in [1.82, 2.24) is 14.8 Å². The van der Waals surface area contributed by atoms with Crippen molar-refractivity contribution in [1.29, 1.82) is 0 Å². The lowest BCUT2D eigenvalue weighted by molar-refractivity contribution is -0.119. The van der Waals surface area contributed by atoms with Crippen molar-refractivity contribution in [2.75, 3.05) is 31.5 Å². The van der Waals surface area contributed by atoms with E-state index in [2.05, 4.69) is 36.3 Å². The molecule has 2 aromatic rings. The predicted octanol–water partition coefficient (Wildman–Crippen LogP) is 2.61. The minimum absolute atomic E-state index is 0.0264. The van der Waals surface area contributed by atoms with E-state index in [1.807, 2.05) is 6.07 Å². The number of hydrogen-bond acceptors (Lipinski definition) is 4. The second kappa shape index (κ2) is 7.99. The molecule has 136 valence electrons. The summed E-state index contributed by atoms with van der Waals surface area (Å²) in [5.41, 5.74) is 4.02. The van der Waals surface area contributed by atoms with Crippen LogP contribution < -0.4 is 5.32 Å². The lowest BCUT2D eigenvalue weighted by Crippen LogP contribution is -2.48. The van der Waals surface area contributed by atoms with Crippen LogP contribution in [-0.2, 0) is 11.2 Å². The highest BCUT2D eigenvalue weighted by atomic mass is 16.2. The zero-order chi connectivity index (χ0) is 18.5. The van der Waals surface area contributed by atoms with E-state index in [0.717, 1.165) is 24.1 Å². The number of pyridine rings is 1. The summed E-state index contributed by atoms with van der Waals surface area (Å²) in [7, 11) is 0. The molecule has 0 aliphatic carbocycles. The highest BCUT2D eigenvalue weighted by Gasteiger charge is 2.21. The van der Waals surface area contributed by atoms with Crippen LogP contribution in [-0.4, -0.2) is 53.3 Å². The summed E-state index contributed by atoms with van der Waals surface area (Å²) in [5, 5.41) is 3.37. The summed E-state index contributed by atoms with van der Waals surface area (Å²) in [6.07, 6.45) is 3.41. The van der Waals surface area contributed by atoms with E-state index >= 15 is 0 Å². The molecular weight excluding hydrogens is 328 g/mol. The first-order valence-electron chi connectivity index (χ1n) is 8.92.